The van der Waals surface area contributed by atoms with Crippen LogP contribution in [0.5, 0.6) is 0 Å². The number of nitrogens with two attached hydrogens (primary N) is 1. The molecule has 1 saturated heterocycles. The molecule has 1 atom stereocenters. The number of nitrogens with one attached hydrogen (secondary N) is 1. The molecule has 8 heteroatoms. The van der Waals surface area contributed by atoms with Gasteiger partial charge in [-0.3, -0.25) is 9.59 Å². The summed E-state index contributed by atoms with van der Waals surface area (Å²) < 4.78 is 22.4. The molecule has 0 bridgehead atoms. The highest BCUT2D eigenvalue weighted by molar-refractivity contribution is 7.89. The molecule has 7 nitrogen and oxygen atoms in total. The van der Waals surface area contributed by atoms with E-state index in [2.05, 4.69) is 12.2 Å². The maximum Gasteiger partial charge on any atom is 0.238 e. The molecule has 0 spiro atoms. The third-order valence-electron chi connectivity index (χ3n) is 4.09. The molecule has 1 aromatic carbocycles. The average Bonchev–Trinajstić information content (AvgIpc) is 2.91. The number of sulfonamides is 1. The first-order chi connectivity index (χ1) is 11.3. The zero-order valence-corrected chi connectivity index (χ0v) is 14.5. The van der Waals surface area contributed by atoms with Gasteiger partial charge in [-0.25, -0.2) is 13.6 Å². The summed E-state index contributed by atoms with van der Waals surface area (Å²) >= 11 is 0. The van der Waals surface area contributed by atoms with Crippen LogP contribution in [0, 0.1) is 5.92 Å². The van der Waals surface area contributed by atoms with Gasteiger partial charge in [-0.1, -0.05) is 25.5 Å². The molecule has 2 amide bonds. The summed E-state index contributed by atoms with van der Waals surface area (Å²) in [6, 6.07) is 6.02. The van der Waals surface area contributed by atoms with Crippen molar-refractivity contribution in [2.75, 3.05) is 13.1 Å². The zero-order chi connectivity index (χ0) is 17.7. The summed E-state index contributed by atoms with van der Waals surface area (Å²) in [7, 11) is -3.71. The summed E-state index contributed by atoms with van der Waals surface area (Å²) in [5, 5.41) is 7.84. The van der Waals surface area contributed by atoms with E-state index in [0.717, 1.165) is 18.4 Å². The number of carbonyl (C=O) groups excluding carboxylic acids is 2. The maximum absolute atomic E-state index is 12.2. The van der Waals surface area contributed by atoms with Crippen LogP contribution >= 0.6 is 0 Å². The molecule has 1 heterocycles. The largest absolute Gasteiger partial charge is 0.352 e. The van der Waals surface area contributed by atoms with Crippen LogP contribution in [-0.4, -0.2) is 38.2 Å². The molecule has 1 unspecified atom stereocenters. The number of primary sulfonamides is 1. The number of hydrogen-bond donors (Lipinski definition) is 2. The molecule has 0 radical (unpaired) electrons. The number of hydrogen-bond acceptors (Lipinski definition) is 4. The van der Waals surface area contributed by atoms with Gasteiger partial charge in [0.15, 0.2) is 0 Å². The molecule has 2 rings (SSSR count). The normalized spacial score (nSPS) is 18.0. The van der Waals surface area contributed by atoms with Crippen LogP contribution in [0.1, 0.15) is 31.7 Å². The number of carbonyl (C=O) groups is 2. The van der Waals surface area contributed by atoms with Crippen molar-refractivity contribution in [2.45, 2.75) is 37.6 Å². The van der Waals surface area contributed by atoms with Crippen LogP contribution in [0.4, 0.5) is 0 Å². The Morgan fingerprint density at radius 3 is 2.58 bits per heavy atom. The summed E-state index contributed by atoms with van der Waals surface area (Å²) in [5.41, 5.74) is 0.767. The summed E-state index contributed by atoms with van der Waals surface area (Å²) in [6.45, 7) is 3.51. The minimum Gasteiger partial charge on any atom is -0.352 e. The molecular formula is C16H23N3O4S. The molecule has 0 saturated carbocycles. The van der Waals surface area contributed by atoms with E-state index < -0.39 is 10.0 Å². The van der Waals surface area contributed by atoms with Gasteiger partial charge < -0.3 is 10.2 Å². The molecule has 0 aromatic heterocycles. The molecule has 0 aliphatic carbocycles. The minimum absolute atomic E-state index is 0.0288. The molecule has 1 aliphatic heterocycles. The van der Waals surface area contributed by atoms with E-state index in [0.29, 0.717) is 13.1 Å². The lowest BCUT2D eigenvalue weighted by Gasteiger charge is -2.16. The highest BCUT2D eigenvalue weighted by Gasteiger charge is 2.33. The number of benzene rings is 1. The molecule has 1 aliphatic rings. The van der Waals surface area contributed by atoms with Gasteiger partial charge in [-0.2, -0.15) is 0 Å². The number of nitrogens with zero attached hydrogens (tertiary/aromatic N) is 1. The number of likely N-dealkylation sites (tertiary alicyclic amines) is 1. The van der Waals surface area contributed by atoms with E-state index in [1.807, 2.05) is 0 Å². The molecule has 1 aromatic rings. The molecule has 1 fully saturated rings. The van der Waals surface area contributed by atoms with Crippen LogP contribution in [0.15, 0.2) is 29.2 Å². The summed E-state index contributed by atoms with van der Waals surface area (Å²) in [4.78, 5) is 25.9. The van der Waals surface area contributed by atoms with E-state index in [9.17, 15) is 18.0 Å². The van der Waals surface area contributed by atoms with Crippen molar-refractivity contribution < 1.29 is 18.0 Å². The Bertz CT molecular complexity index is 701. The van der Waals surface area contributed by atoms with Crippen molar-refractivity contribution in [1.82, 2.24) is 10.2 Å². The van der Waals surface area contributed by atoms with E-state index >= 15 is 0 Å². The topological polar surface area (TPSA) is 110 Å². The van der Waals surface area contributed by atoms with E-state index in [-0.39, 0.29) is 35.6 Å². The van der Waals surface area contributed by atoms with E-state index in [1.54, 1.807) is 17.0 Å². The first-order valence-corrected chi connectivity index (χ1v) is 9.53. The van der Waals surface area contributed by atoms with Crippen molar-refractivity contribution in [3.8, 4) is 0 Å². The Labute approximate surface area is 142 Å². The van der Waals surface area contributed by atoms with Gasteiger partial charge in [-0.05, 0) is 24.1 Å². The lowest BCUT2D eigenvalue weighted by atomic mass is 10.1. The maximum atomic E-state index is 12.2. The van der Waals surface area contributed by atoms with E-state index in [4.69, 9.17) is 5.14 Å². The van der Waals surface area contributed by atoms with Crippen molar-refractivity contribution in [3.63, 3.8) is 0 Å². The first kappa shape index (κ1) is 18.4. The molecule has 3 N–H and O–H groups in total. The predicted octanol–water partition coefficient (Wildman–Crippen LogP) is 0.599. The van der Waals surface area contributed by atoms with Gasteiger partial charge in [0.2, 0.25) is 21.8 Å². The van der Waals surface area contributed by atoms with Crippen LogP contribution in [-0.2, 0) is 26.2 Å². The Hall–Kier alpha value is -1.93. The second-order valence-electron chi connectivity index (χ2n) is 6.00. The van der Waals surface area contributed by atoms with Crippen LogP contribution < -0.4 is 10.5 Å². The molecule has 24 heavy (non-hydrogen) atoms. The third-order valence-corrected chi connectivity index (χ3v) is 5.01. The minimum atomic E-state index is -3.71. The fourth-order valence-corrected chi connectivity index (χ4v) is 3.16. The fraction of sp³-hybridized carbons (Fsp3) is 0.500. The Balaban J connectivity index is 1.86. The smallest absolute Gasteiger partial charge is 0.238 e. The monoisotopic (exact) mass is 353 g/mol. The standard InChI is InChI=1S/C16H23N3O4S/c1-2-3-8-19-11-13(9-15(19)20)16(21)18-10-12-4-6-14(7-5-12)24(17,22)23/h4-7,13H,2-3,8-11H2,1H3,(H,18,21)(H2,17,22,23). The Morgan fingerprint density at radius 1 is 1.33 bits per heavy atom. The van der Waals surface area contributed by atoms with Crippen molar-refractivity contribution in [2.24, 2.45) is 11.1 Å². The van der Waals surface area contributed by atoms with Crippen molar-refractivity contribution in [3.05, 3.63) is 29.8 Å². The number of unbranched alkanes of at least 4 members (excludes halogenated alkanes) is 1. The fourth-order valence-electron chi connectivity index (χ4n) is 2.64. The predicted molar refractivity (Wildman–Crippen MR) is 89.3 cm³/mol. The van der Waals surface area contributed by atoms with Crippen LogP contribution in [0.25, 0.3) is 0 Å². The van der Waals surface area contributed by atoms with Gasteiger partial charge in [0.1, 0.15) is 0 Å². The van der Waals surface area contributed by atoms with Gasteiger partial charge in [-0.15, -0.1) is 0 Å². The lowest BCUT2D eigenvalue weighted by molar-refractivity contribution is -0.129. The average molecular weight is 353 g/mol. The van der Waals surface area contributed by atoms with Crippen LogP contribution in [0.2, 0.25) is 0 Å². The molecular weight excluding hydrogens is 330 g/mol. The van der Waals surface area contributed by atoms with Crippen molar-refractivity contribution in [1.29, 1.82) is 0 Å². The van der Waals surface area contributed by atoms with Crippen LogP contribution in [0.3, 0.4) is 0 Å². The van der Waals surface area contributed by atoms with Gasteiger partial charge in [0.25, 0.3) is 0 Å². The SMILES string of the molecule is CCCCN1CC(C(=O)NCc2ccc(S(N)(=O)=O)cc2)CC1=O. The molecule has 132 valence electrons. The summed E-state index contributed by atoms with van der Waals surface area (Å²) in [5.74, 6) is -0.447. The zero-order valence-electron chi connectivity index (χ0n) is 13.7. The van der Waals surface area contributed by atoms with Crippen molar-refractivity contribution >= 4 is 21.8 Å². The highest BCUT2D eigenvalue weighted by atomic mass is 32.2. The first-order valence-electron chi connectivity index (χ1n) is 7.98. The summed E-state index contributed by atoms with van der Waals surface area (Å²) in [6.07, 6.45) is 2.20. The second kappa shape index (κ2) is 7.76. The lowest BCUT2D eigenvalue weighted by Crippen LogP contribution is -2.32. The van der Waals surface area contributed by atoms with Gasteiger partial charge in [0, 0.05) is 26.1 Å². The Morgan fingerprint density at radius 2 is 2.00 bits per heavy atom. The third kappa shape index (κ3) is 4.78. The van der Waals surface area contributed by atoms with Gasteiger partial charge >= 0.3 is 0 Å². The highest BCUT2D eigenvalue weighted by Crippen LogP contribution is 2.18. The number of amides is 2. The Kier molecular flexibility index (Phi) is 5.95. The quantitative estimate of drug-likeness (QED) is 0.748. The van der Waals surface area contributed by atoms with E-state index in [1.165, 1.54) is 12.1 Å². The second-order valence-corrected chi connectivity index (χ2v) is 7.56. The van der Waals surface area contributed by atoms with Gasteiger partial charge in [0.05, 0.1) is 10.8 Å². The number of rotatable bonds is 7.